The molecule has 148 valence electrons. The second-order valence-corrected chi connectivity index (χ2v) is 7.13. The minimum Gasteiger partial charge on any atom is -0.493 e. The van der Waals surface area contributed by atoms with Gasteiger partial charge in [0, 0.05) is 5.56 Å². The first-order chi connectivity index (χ1) is 14.2. The maximum atomic E-state index is 12.6. The van der Waals surface area contributed by atoms with Crippen LogP contribution in [0.3, 0.4) is 0 Å². The molecular weight excluding hydrogens is 364 g/mol. The third-order valence-electron chi connectivity index (χ3n) is 5.33. The van der Waals surface area contributed by atoms with E-state index in [1.54, 1.807) is 14.2 Å². The molecule has 0 bridgehead atoms. The van der Waals surface area contributed by atoms with Crippen molar-refractivity contribution in [2.24, 2.45) is 5.10 Å². The van der Waals surface area contributed by atoms with E-state index in [1.807, 2.05) is 42.5 Å². The zero-order valence-electron chi connectivity index (χ0n) is 16.7. The molecule has 1 amide bonds. The monoisotopic (exact) mass is 388 g/mol. The lowest BCUT2D eigenvalue weighted by Gasteiger charge is -2.20. The van der Waals surface area contributed by atoms with Crippen molar-refractivity contribution in [2.75, 3.05) is 14.2 Å². The van der Waals surface area contributed by atoms with Gasteiger partial charge in [-0.1, -0.05) is 42.5 Å². The average molecular weight is 388 g/mol. The normalized spacial score (nSPS) is 14.5. The molecular formula is C24H24N2O3. The Kier molecular flexibility index (Phi) is 5.47. The molecule has 1 N–H and O–H groups in total. The lowest BCUT2D eigenvalue weighted by molar-refractivity contribution is -0.120. The molecule has 1 aliphatic carbocycles. The molecule has 0 unspecified atom stereocenters. The second-order valence-electron chi connectivity index (χ2n) is 7.13. The predicted octanol–water partition coefficient (Wildman–Crippen LogP) is 4.26. The van der Waals surface area contributed by atoms with Gasteiger partial charge in [0.1, 0.15) is 0 Å². The summed E-state index contributed by atoms with van der Waals surface area (Å²) in [5.74, 6) is 1.26. The molecule has 1 aliphatic rings. The molecule has 4 rings (SSSR count). The number of hydrogen-bond acceptors (Lipinski definition) is 4. The highest BCUT2D eigenvalue weighted by atomic mass is 16.5. The van der Waals surface area contributed by atoms with Crippen LogP contribution in [-0.2, 0) is 17.6 Å². The van der Waals surface area contributed by atoms with Gasteiger partial charge in [-0.05, 0) is 53.3 Å². The van der Waals surface area contributed by atoms with Gasteiger partial charge in [-0.2, -0.15) is 5.10 Å². The van der Waals surface area contributed by atoms with Crippen molar-refractivity contribution in [1.82, 2.24) is 5.43 Å². The van der Waals surface area contributed by atoms with Crippen LogP contribution in [0.5, 0.6) is 11.5 Å². The molecule has 0 aromatic heterocycles. The van der Waals surface area contributed by atoms with Crippen LogP contribution in [0.4, 0.5) is 0 Å². The van der Waals surface area contributed by atoms with Crippen LogP contribution in [0, 0.1) is 0 Å². The lowest BCUT2D eigenvalue weighted by Crippen LogP contribution is -2.23. The van der Waals surface area contributed by atoms with Crippen LogP contribution in [0.15, 0.2) is 59.7 Å². The highest BCUT2D eigenvalue weighted by molar-refractivity contribution is 6.04. The number of hydrogen-bond donors (Lipinski definition) is 1. The fraction of sp³-hybridized carbons (Fsp3) is 0.250. The number of amides is 1. The highest BCUT2D eigenvalue weighted by Gasteiger charge is 2.20. The Morgan fingerprint density at radius 1 is 1.00 bits per heavy atom. The van der Waals surface area contributed by atoms with Gasteiger partial charge in [0.05, 0.1) is 26.4 Å². The lowest BCUT2D eigenvalue weighted by atomic mass is 9.89. The summed E-state index contributed by atoms with van der Waals surface area (Å²) in [4.78, 5) is 12.6. The summed E-state index contributed by atoms with van der Waals surface area (Å²) in [6, 6.07) is 18.1. The average Bonchev–Trinajstić information content (AvgIpc) is 2.76. The van der Waals surface area contributed by atoms with Crippen molar-refractivity contribution in [2.45, 2.75) is 25.7 Å². The van der Waals surface area contributed by atoms with Gasteiger partial charge in [0.25, 0.3) is 0 Å². The van der Waals surface area contributed by atoms with Gasteiger partial charge in [-0.25, -0.2) is 5.43 Å². The molecule has 3 aromatic rings. The first-order valence-corrected chi connectivity index (χ1v) is 9.77. The van der Waals surface area contributed by atoms with Crippen molar-refractivity contribution >= 4 is 22.4 Å². The number of benzene rings is 3. The summed E-state index contributed by atoms with van der Waals surface area (Å²) in [7, 11) is 3.26. The van der Waals surface area contributed by atoms with E-state index in [0.29, 0.717) is 11.5 Å². The number of nitrogens with one attached hydrogen (secondary N) is 1. The van der Waals surface area contributed by atoms with E-state index < -0.39 is 0 Å². The van der Waals surface area contributed by atoms with Gasteiger partial charge in [-0.15, -0.1) is 0 Å². The highest BCUT2D eigenvalue weighted by Crippen LogP contribution is 2.34. The summed E-state index contributed by atoms with van der Waals surface area (Å²) in [5.41, 5.74) is 6.80. The topological polar surface area (TPSA) is 59.9 Å². The van der Waals surface area contributed by atoms with Crippen molar-refractivity contribution in [3.8, 4) is 11.5 Å². The third kappa shape index (κ3) is 3.94. The summed E-state index contributed by atoms with van der Waals surface area (Å²) < 4.78 is 10.8. The largest absolute Gasteiger partial charge is 0.493 e. The quantitative estimate of drug-likeness (QED) is 0.665. The number of carbonyl (C=O) groups is 1. The van der Waals surface area contributed by atoms with Crippen LogP contribution in [-0.4, -0.2) is 25.8 Å². The van der Waals surface area contributed by atoms with Crippen LogP contribution in [0.2, 0.25) is 0 Å². The molecule has 0 spiro atoms. The second kappa shape index (κ2) is 8.35. The molecule has 29 heavy (non-hydrogen) atoms. The van der Waals surface area contributed by atoms with Crippen LogP contribution < -0.4 is 14.9 Å². The molecule has 3 aromatic carbocycles. The fourth-order valence-corrected chi connectivity index (χ4v) is 3.88. The molecule has 0 saturated carbocycles. The maximum Gasteiger partial charge on any atom is 0.244 e. The minimum atomic E-state index is -0.124. The Bertz CT molecular complexity index is 1080. The Morgan fingerprint density at radius 3 is 2.59 bits per heavy atom. The van der Waals surface area contributed by atoms with E-state index in [1.165, 1.54) is 0 Å². The van der Waals surface area contributed by atoms with Crippen molar-refractivity contribution in [1.29, 1.82) is 0 Å². The summed E-state index contributed by atoms with van der Waals surface area (Å²) in [6.45, 7) is 0. The number of fused-ring (bicyclic) bond motifs is 2. The molecule has 5 heteroatoms. The van der Waals surface area contributed by atoms with Gasteiger partial charge in [0.2, 0.25) is 5.91 Å². The van der Waals surface area contributed by atoms with Crippen LogP contribution >= 0.6 is 0 Å². The maximum absolute atomic E-state index is 12.6. The van der Waals surface area contributed by atoms with Crippen LogP contribution in [0.1, 0.15) is 29.5 Å². The first kappa shape index (κ1) is 19.0. The zero-order valence-corrected chi connectivity index (χ0v) is 16.7. The first-order valence-electron chi connectivity index (χ1n) is 9.77. The van der Waals surface area contributed by atoms with E-state index in [2.05, 4.69) is 22.7 Å². The number of carbonyl (C=O) groups excluding carboxylic acids is 1. The minimum absolute atomic E-state index is 0.124. The molecule has 0 aliphatic heterocycles. The van der Waals surface area contributed by atoms with Gasteiger partial charge < -0.3 is 9.47 Å². The smallest absolute Gasteiger partial charge is 0.244 e. The van der Waals surface area contributed by atoms with Crippen molar-refractivity contribution < 1.29 is 14.3 Å². The Labute approximate surface area is 170 Å². The number of aryl methyl sites for hydroxylation is 1. The standard InChI is InChI=1S/C24H24N2O3/c1-28-22-13-17-10-6-12-21(20(17)15-23(22)29-2)25-26-24(27)14-18-9-5-8-16-7-3-4-11-19(16)18/h3-5,7-9,11,13,15H,6,10,12,14H2,1-2H3,(H,26,27). The van der Waals surface area contributed by atoms with Crippen LogP contribution in [0.25, 0.3) is 10.8 Å². The van der Waals surface area contributed by atoms with E-state index >= 15 is 0 Å². The van der Waals surface area contributed by atoms with Crippen molar-refractivity contribution in [3.63, 3.8) is 0 Å². The van der Waals surface area contributed by atoms with Gasteiger partial charge >= 0.3 is 0 Å². The molecule has 5 nitrogen and oxygen atoms in total. The van der Waals surface area contributed by atoms with Crippen molar-refractivity contribution in [3.05, 3.63) is 71.3 Å². The van der Waals surface area contributed by atoms with E-state index in [4.69, 9.17) is 9.47 Å². The number of ether oxygens (including phenoxy) is 2. The SMILES string of the molecule is COc1cc2c(cc1OC)C(=NNC(=O)Cc1cccc3ccccc13)CCC2. The number of rotatable bonds is 5. The van der Waals surface area contributed by atoms with Gasteiger partial charge in [0.15, 0.2) is 11.5 Å². The third-order valence-corrected chi connectivity index (χ3v) is 5.33. The summed E-state index contributed by atoms with van der Waals surface area (Å²) in [5, 5.41) is 6.68. The van der Waals surface area contributed by atoms with E-state index in [9.17, 15) is 4.79 Å². The fourth-order valence-electron chi connectivity index (χ4n) is 3.88. The number of nitrogens with zero attached hydrogens (tertiary/aromatic N) is 1. The zero-order chi connectivity index (χ0) is 20.2. The molecule has 0 atom stereocenters. The Hall–Kier alpha value is -3.34. The number of methoxy groups -OCH3 is 2. The van der Waals surface area contributed by atoms with Gasteiger partial charge in [-0.3, -0.25) is 4.79 Å². The van der Waals surface area contributed by atoms with E-state index in [-0.39, 0.29) is 12.3 Å². The summed E-state index contributed by atoms with van der Waals surface area (Å²) in [6.07, 6.45) is 3.05. The Balaban J connectivity index is 1.55. The number of hydrazone groups is 1. The molecule has 0 radical (unpaired) electrons. The molecule has 0 saturated heterocycles. The molecule has 0 heterocycles. The Morgan fingerprint density at radius 2 is 1.76 bits per heavy atom. The predicted molar refractivity (Wildman–Crippen MR) is 115 cm³/mol. The molecule has 0 fully saturated rings. The summed E-state index contributed by atoms with van der Waals surface area (Å²) >= 11 is 0. The van der Waals surface area contributed by atoms with E-state index in [0.717, 1.165) is 52.4 Å².